The number of hydrogen-bond donors (Lipinski definition) is 2. The number of benzene rings is 3. The lowest BCUT2D eigenvalue weighted by Gasteiger charge is -2.25. The summed E-state index contributed by atoms with van der Waals surface area (Å²) in [5.74, 6) is -0.806. The van der Waals surface area contributed by atoms with Gasteiger partial charge in [-0.2, -0.15) is 5.10 Å². The molecule has 8 nitrogen and oxygen atoms in total. The monoisotopic (exact) mass is 526 g/mol. The number of hydrazone groups is 1. The van der Waals surface area contributed by atoms with Gasteiger partial charge in [0.1, 0.15) is 6.54 Å². The zero-order chi connectivity index (χ0) is 26.5. The molecular formula is C26H27ClN4O4S. The Morgan fingerprint density at radius 2 is 1.58 bits per heavy atom. The van der Waals surface area contributed by atoms with Crippen molar-refractivity contribution in [1.29, 1.82) is 0 Å². The van der Waals surface area contributed by atoms with Crippen molar-refractivity contribution >= 4 is 50.5 Å². The molecule has 0 bridgehead atoms. The molecule has 0 radical (unpaired) electrons. The lowest BCUT2D eigenvalue weighted by molar-refractivity contribution is -0.119. The molecule has 2 N–H and O–H groups in total. The zero-order valence-electron chi connectivity index (χ0n) is 20.4. The second-order valence-corrected chi connectivity index (χ2v) is 10.5. The van der Waals surface area contributed by atoms with Crippen LogP contribution in [0.2, 0.25) is 5.02 Å². The van der Waals surface area contributed by atoms with Crippen LogP contribution in [-0.2, 0) is 19.6 Å². The van der Waals surface area contributed by atoms with Gasteiger partial charge in [-0.05, 0) is 68.3 Å². The Morgan fingerprint density at radius 1 is 0.944 bits per heavy atom. The summed E-state index contributed by atoms with van der Waals surface area (Å²) in [6.07, 6.45) is 0. The molecule has 0 aliphatic rings. The predicted molar refractivity (Wildman–Crippen MR) is 143 cm³/mol. The normalized spacial score (nSPS) is 11.6. The first-order valence-electron chi connectivity index (χ1n) is 11.0. The Balaban J connectivity index is 1.86. The number of amides is 2. The Bertz CT molecular complexity index is 1400. The van der Waals surface area contributed by atoms with Crippen LogP contribution >= 0.6 is 11.6 Å². The molecule has 0 aliphatic heterocycles. The van der Waals surface area contributed by atoms with Crippen LogP contribution in [0.1, 0.15) is 30.5 Å². The van der Waals surface area contributed by atoms with E-state index in [9.17, 15) is 18.0 Å². The highest BCUT2D eigenvalue weighted by Crippen LogP contribution is 2.30. The summed E-state index contributed by atoms with van der Waals surface area (Å²) >= 11 is 6.25. The summed E-state index contributed by atoms with van der Waals surface area (Å²) in [7, 11) is -4.08. The minimum Gasteiger partial charge on any atom is -0.326 e. The fourth-order valence-corrected chi connectivity index (χ4v) is 5.03. The molecule has 0 atom stereocenters. The molecule has 0 aromatic heterocycles. The Hall–Kier alpha value is -3.69. The van der Waals surface area contributed by atoms with Crippen molar-refractivity contribution in [2.75, 3.05) is 16.2 Å². The largest absolute Gasteiger partial charge is 0.326 e. The van der Waals surface area contributed by atoms with Gasteiger partial charge >= 0.3 is 0 Å². The first-order valence-corrected chi connectivity index (χ1v) is 12.9. The minimum atomic E-state index is -4.08. The van der Waals surface area contributed by atoms with Crippen LogP contribution in [0.5, 0.6) is 0 Å². The Labute approximate surface area is 216 Å². The van der Waals surface area contributed by atoms with Gasteiger partial charge in [0.05, 0.1) is 16.3 Å². The van der Waals surface area contributed by atoms with Crippen LogP contribution in [0.15, 0.2) is 76.7 Å². The summed E-state index contributed by atoms with van der Waals surface area (Å²) in [6.45, 7) is 6.17. The standard InChI is InChI=1S/C26H27ClN4O4S/c1-17-8-14-23(15-9-17)36(34,35)31(25-7-5-6-24(27)18(25)2)16-26(33)30-29-19(3)21-10-12-22(13-11-21)28-20(4)32/h5-15H,16H2,1-4H3,(H,28,32)(H,30,33)/b29-19-. The molecule has 0 unspecified atom stereocenters. The number of sulfonamides is 1. The van der Waals surface area contributed by atoms with Crippen LogP contribution in [0.3, 0.4) is 0 Å². The average Bonchev–Trinajstić information content (AvgIpc) is 2.83. The average molecular weight is 527 g/mol. The maximum Gasteiger partial charge on any atom is 0.264 e. The molecule has 0 saturated heterocycles. The molecule has 0 fully saturated rings. The molecule has 188 valence electrons. The van der Waals surface area contributed by atoms with Crippen molar-refractivity contribution in [3.8, 4) is 0 Å². The van der Waals surface area contributed by atoms with Crippen molar-refractivity contribution in [3.63, 3.8) is 0 Å². The molecule has 2 amide bonds. The predicted octanol–water partition coefficient (Wildman–Crippen LogP) is 4.65. The van der Waals surface area contributed by atoms with Crippen molar-refractivity contribution in [2.24, 2.45) is 5.10 Å². The van der Waals surface area contributed by atoms with Crippen LogP contribution in [0, 0.1) is 13.8 Å². The van der Waals surface area contributed by atoms with Gasteiger partial charge < -0.3 is 5.32 Å². The third-order valence-corrected chi connectivity index (χ3v) is 7.56. The first kappa shape index (κ1) is 26.9. The Kier molecular flexibility index (Phi) is 8.49. The van der Waals surface area contributed by atoms with Crippen LogP contribution < -0.4 is 15.0 Å². The molecule has 3 aromatic rings. The molecule has 0 heterocycles. The maximum absolute atomic E-state index is 13.5. The first-order chi connectivity index (χ1) is 17.0. The summed E-state index contributed by atoms with van der Waals surface area (Å²) < 4.78 is 28.1. The second kappa shape index (κ2) is 11.4. The highest BCUT2D eigenvalue weighted by atomic mass is 35.5. The molecule has 3 aromatic carbocycles. The fourth-order valence-electron chi connectivity index (χ4n) is 3.38. The van der Waals surface area contributed by atoms with E-state index in [1.165, 1.54) is 19.1 Å². The number of nitrogens with one attached hydrogen (secondary N) is 2. The van der Waals surface area contributed by atoms with Crippen LogP contribution in [0.25, 0.3) is 0 Å². The molecule has 0 aliphatic carbocycles. The summed E-state index contributed by atoms with van der Waals surface area (Å²) in [6, 6.07) is 18.2. The van der Waals surface area contributed by atoms with E-state index < -0.39 is 22.5 Å². The van der Waals surface area contributed by atoms with Gasteiger partial charge in [0, 0.05) is 17.6 Å². The number of rotatable bonds is 8. The van der Waals surface area contributed by atoms with E-state index in [2.05, 4.69) is 15.8 Å². The zero-order valence-corrected chi connectivity index (χ0v) is 21.9. The summed E-state index contributed by atoms with van der Waals surface area (Å²) in [4.78, 5) is 24.1. The third-order valence-electron chi connectivity index (χ3n) is 5.38. The van der Waals surface area contributed by atoms with Gasteiger partial charge in [-0.25, -0.2) is 13.8 Å². The fraction of sp³-hybridized carbons (Fsp3) is 0.192. The Morgan fingerprint density at radius 3 is 2.19 bits per heavy atom. The van der Waals surface area contributed by atoms with Crippen molar-refractivity contribution in [2.45, 2.75) is 32.6 Å². The highest BCUT2D eigenvalue weighted by Gasteiger charge is 2.28. The molecule has 0 spiro atoms. The van der Waals surface area contributed by atoms with E-state index >= 15 is 0 Å². The lowest BCUT2D eigenvalue weighted by atomic mass is 10.1. The molecular weight excluding hydrogens is 500 g/mol. The van der Waals surface area contributed by atoms with E-state index in [-0.39, 0.29) is 10.8 Å². The quantitative estimate of drug-likeness (QED) is 0.329. The van der Waals surface area contributed by atoms with Crippen LogP contribution in [0.4, 0.5) is 11.4 Å². The van der Waals surface area contributed by atoms with Crippen molar-refractivity contribution in [1.82, 2.24) is 5.43 Å². The van der Waals surface area contributed by atoms with E-state index in [1.807, 2.05) is 6.92 Å². The second-order valence-electron chi connectivity index (χ2n) is 8.20. The van der Waals surface area contributed by atoms with E-state index in [0.717, 1.165) is 15.4 Å². The minimum absolute atomic E-state index is 0.0548. The number of halogens is 1. The number of carbonyl (C=O) groups excluding carboxylic acids is 2. The topological polar surface area (TPSA) is 108 Å². The molecule has 3 rings (SSSR count). The number of nitrogens with zero attached hydrogens (tertiary/aromatic N) is 2. The summed E-state index contributed by atoms with van der Waals surface area (Å²) in [5.41, 5.74) is 6.03. The maximum atomic E-state index is 13.5. The third kappa shape index (κ3) is 6.50. The number of hydrogen-bond acceptors (Lipinski definition) is 5. The SMILES string of the molecule is CC(=O)Nc1ccc(/C(C)=N\NC(=O)CN(c2cccc(Cl)c2C)S(=O)(=O)c2ccc(C)cc2)cc1. The van der Waals surface area contributed by atoms with E-state index in [4.69, 9.17) is 11.6 Å². The van der Waals surface area contributed by atoms with Crippen molar-refractivity contribution < 1.29 is 18.0 Å². The smallest absolute Gasteiger partial charge is 0.264 e. The van der Waals surface area contributed by atoms with Gasteiger partial charge in [0.15, 0.2) is 0 Å². The van der Waals surface area contributed by atoms with E-state index in [0.29, 0.717) is 27.7 Å². The number of anilines is 2. The van der Waals surface area contributed by atoms with E-state index in [1.54, 1.807) is 68.4 Å². The molecule has 0 saturated carbocycles. The van der Waals surface area contributed by atoms with Gasteiger partial charge in [0.25, 0.3) is 15.9 Å². The summed E-state index contributed by atoms with van der Waals surface area (Å²) in [5, 5.41) is 7.18. The highest BCUT2D eigenvalue weighted by molar-refractivity contribution is 7.92. The number of aryl methyl sites for hydroxylation is 1. The van der Waals surface area contributed by atoms with Gasteiger partial charge in [-0.15, -0.1) is 0 Å². The van der Waals surface area contributed by atoms with Gasteiger partial charge in [-0.3, -0.25) is 13.9 Å². The van der Waals surface area contributed by atoms with Crippen molar-refractivity contribution in [3.05, 3.63) is 88.4 Å². The molecule has 36 heavy (non-hydrogen) atoms. The van der Waals surface area contributed by atoms with Crippen LogP contribution in [-0.4, -0.2) is 32.5 Å². The lowest BCUT2D eigenvalue weighted by Crippen LogP contribution is -2.40. The number of carbonyl (C=O) groups is 2. The van der Waals surface area contributed by atoms with Gasteiger partial charge in [-0.1, -0.05) is 47.5 Å². The molecule has 10 heteroatoms. The van der Waals surface area contributed by atoms with Gasteiger partial charge in [0.2, 0.25) is 5.91 Å².